The highest BCUT2D eigenvalue weighted by Gasteiger charge is 2.64. The molecule has 3 rings (SSSR count). The molecule has 0 saturated carbocycles. The van der Waals surface area contributed by atoms with Crippen molar-refractivity contribution in [2.24, 2.45) is 0 Å². The van der Waals surface area contributed by atoms with Gasteiger partial charge in [-0.15, -0.1) is 0 Å². The molecule has 6 nitrogen and oxygen atoms in total. The van der Waals surface area contributed by atoms with E-state index < -0.39 is 24.0 Å². The number of rotatable bonds is 2. The fraction of sp³-hybridized carbons (Fsp3) is 0.600. The quantitative estimate of drug-likeness (QED) is 0.447. The van der Waals surface area contributed by atoms with Crippen LogP contribution < -0.4 is 5.32 Å². The minimum Gasteiger partial charge on any atom is -0.394 e. The molecule has 8 heteroatoms. The van der Waals surface area contributed by atoms with Crippen molar-refractivity contribution in [1.82, 2.24) is 14.9 Å². The van der Waals surface area contributed by atoms with Gasteiger partial charge in [0.2, 0.25) is 0 Å². The maximum atomic E-state index is 10.1. The molecule has 98 valence electrons. The fourth-order valence-corrected chi connectivity index (χ4v) is 2.88. The van der Waals surface area contributed by atoms with Gasteiger partial charge in [0.25, 0.3) is 0 Å². The van der Waals surface area contributed by atoms with Crippen LogP contribution in [0.4, 0.5) is 0 Å². The molecule has 1 aromatic heterocycles. The van der Waals surface area contributed by atoms with Gasteiger partial charge in [-0.1, -0.05) is 12.2 Å². The lowest BCUT2D eigenvalue weighted by molar-refractivity contribution is -0.0464. The van der Waals surface area contributed by atoms with Crippen molar-refractivity contribution in [2.75, 3.05) is 13.2 Å². The van der Waals surface area contributed by atoms with Crippen LogP contribution in [0.5, 0.6) is 0 Å². The summed E-state index contributed by atoms with van der Waals surface area (Å²) in [6.45, 7) is 0.407. The van der Waals surface area contributed by atoms with Crippen LogP contribution in [0.3, 0.4) is 0 Å². The summed E-state index contributed by atoms with van der Waals surface area (Å²) < 4.78 is 8.38. The molecule has 1 spiro atoms. The first-order chi connectivity index (χ1) is 8.58. The first kappa shape index (κ1) is 12.4. The number of aromatic nitrogens is 2. The minimum atomic E-state index is -0.752. The second kappa shape index (κ2) is 4.19. The number of ether oxygens (including phenoxy) is 1. The van der Waals surface area contributed by atoms with Crippen molar-refractivity contribution in [3.8, 4) is 0 Å². The van der Waals surface area contributed by atoms with Gasteiger partial charge in [-0.05, 0) is 18.3 Å². The zero-order valence-electron chi connectivity index (χ0n) is 9.37. The van der Waals surface area contributed by atoms with Crippen LogP contribution in [0, 0.1) is 9.41 Å². The number of aromatic amines is 1. The van der Waals surface area contributed by atoms with E-state index in [1.165, 1.54) is 0 Å². The number of H-pyrrole nitrogens is 1. The van der Waals surface area contributed by atoms with E-state index in [-0.39, 0.29) is 6.61 Å². The van der Waals surface area contributed by atoms with Gasteiger partial charge in [0, 0.05) is 12.7 Å². The van der Waals surface area contributed by atoms with E-state index >= 15 is 0 Å². The number of nitrogens with one attached hydrogen (secondary N) is 2. The van der Waals surface area contributed by atoms with E-state index in [1.807, 2.05) is 0 Å². The molecular formula is C10H13N3O3S2. The maximum absolute atomic E-state index is 10.1. The third-order valence-electron chi connectivity index (χ3n) is 3.49. The van der Waals surface area contributed by atoms with Crippen molar-refractivity contribution in [3.63, 3.8) is 0 Å². The van der Waals surface area contributed by atoms with Gasteiger partial charge >= 0.3 is 0 Å². The Morgan fingerprint density at radius 3 is 2.83 bits per heavy atom. The Morgan fingerprint density at radius 1 is 1.56 bits per heavy atom. The Morgan fingerprint density at radius 2 is 2.28 bits per heavy atom. The first-order valence-electron chi connectivity index (χ1n) is 5.59. The minimum absolute atomic E-state index is 0.225. The van der Waals surface area contributed by atoms with E-state index in [0.717, 1.165) is 0 Å². The van der Waals surface area contributed by atoms with E-state index in [0.29, 0.717) is 16.0 Å². The molecule has 2 aliphatic heterocycles. The van der Waals surface area contributed by atoms with Crippen LogP contribution >= 0.6 is 24.4 Å². The highest BCUT2D eigenvalue weighted by molar-refractivity contribution is 7.72. The molecule has 0 bridgehead atoms. The Hall–Kier alpha value is -0.640. The fourth-order valence-electron chi connectivity index (χ4n) is 2.39. The average Bonchev–Trinajstić information content (AvgIpc) is 3.07. The van der Waals surface area contributed by atoms with Gasteiger partial charge in [-0.2, -0.15) is 0 Å². The second-order valence-corrected chi connectivity index (χ2v) is 5.39. The molecule has 0 aromatic carbocycles. The maximum Gasteiger partial charge on any atom is 0.180 e. The van der Waals surface area contributed by atoms with Gasteiger partial charge in [-0.3, -0.25) is 4.57 Å². The van der Waals surface area contributed by atoms with Crippen LogP contribution in [-0.4, -0.2) is 50.7 Å². The molecule has 4 atom stereocenters. The molecular weight excluding hydrogens is 274 g/mol. The number of aliphatic hydroxyl groups is 2. The number of hydrogen-bond donors (Lipinski definition) is 4. The standard InChI is InChI=1S/C10H13N3O3S2/c14-3-5-7(15)10(4-11-10)8(16-5)13-2-1-6(17)12-9(13)18/h1-2,5,7-8,11,14-15H,3-4H2,(H,12,17,18). The lowest BCUT2D eigenvalue weighted by Crippen LogP contribution is -2.39. The monoisotopic (exact) mass is 287 g/mol. The third-order valence-corrected chi connectivity index (χ3v) is 4.04. The van der Waals surface area contributed by atoms with E-state index in [9.17, 15) is 10.2 Å². The molecule has 0 radical (unpaired) electrons. The van der Waals surface area contributed by atoms with Crippen molar-refractivity contribution < 1.29 is 14.9 Å². The van der Waals surface area contributed by atoms with Gasteiger partial charge in [-0.25, -0.2) is 0 Å². The van der Waals surface area contributed by atoms with E-state index in [1.54, 1.807) is 16.8 Å². The van der Waals surface area contributed by atoms with Gasteiger partial charge in [0.15, 0.2) is 11.0 Å². The Labute approximate surface area is 113 Å². The van der Waals surface area contributed by atoms with E-state index in [4.69, 9.17) is 29.2 Å². The summed E-state index contributed by atoms with van der Waals surface area (Å²) in [6, 6.07) is 1.71. The zero-order valence-corrected chi connectivity index (χ0v) is 11.0. The number of aliphatic hydroxyl groups excluding tert-OH is 2. The van der Waals surface area contributed by atoms with Gasteiger partial charge in [0.1, 0.15) is 22.4 Å². The number of nitrogens with zero attached hydrogens (tertiary/aromatic N) is 1. The summed E-state index contributed by atoms with van der Waals surface area (Å²) in [6.07, 6.45) is -0.0586. The van der Waals surface area contributed by atoms with Crippen LogP contribution in [0.2, 0.25) is 0 Å². The van der Waals surface area contributed by atoms with Gasteiger partial charge in [0.05, 0.1) is 6.61 Å². The largest absolute Gasteiger partial charge is 0.394 e. The molecule has 1 aromatic rings. The lowest BCUT2D eigenvalue weighted by Gasteiger charge is -2.20. The Kier molecular flexibility index (Phi) is 2.88. The molecule has 0 aliphatic carbocycles. The molecule has 2 aliphatic rings. The smallest absolute Gasteiger partial charge is 0.180 e. The third kappa shape index (κ3) is 1.68. The molecule has 2 fully saturated rings. The van der Waals surface area contributed by atoms with Crippen LogP contribution in [-0.2, 0) is 4.74 Å². The predicted molar refractivity (Wildman–Crippen MR) is 68.2 cm³/mol. The zero-order chi connectivity index (χ0) is 12.9. The second-order valence-electron chi connectivity index (χ2n) is 4.57. The summed E-state index contributed by atoms with van der Waals surface area (Å²) >= 11 is 10.2. The molecule has 18 heavy (non-hydrogen) atoms. The van der Waals surface area contributed by atoms with Crippen LogP contribution in [0.25, 0.3) is 0 Å². The first-order valence-corrected chi connectivity index (χ1v) is 6.41. The van der Waals surface area contributed by atoms with Crippen molar-refractivity contribution in [3.05, 3.63) is 21.7 Å². The molecule has 3 heterocycles. The topological polar surface area (TPSA) is 92.4 Å². The SMILES string of the molecule is OCC1OC(n2ccc(=S)[nH]c2=S)C2(CN2)C1O. The van der Waals surface area contributed by atoms with Gasteiger partial charge < -0.3 is 25.3 Å². The normalized spacial score (nSPS) is 38.2. The Bertz CT molecular complexity index is 580. The highest BCUT2D eigenvalue weighted by atomic mass is 32.1. The summed E-state index contributed by atoms with van der Waals surface area (Å²) in [5, 5.41) is 22.5. The molecule has 4 N–H and O–H groups in total. The summed E-state index contributed by atoms with van der Waals surface area (Å²) in [5.74, 6) is 0. The van der Waals surface area contributed by atoms with Crippen molar-refractivity contribution >= 4 is 24.4 Å². The summed E-state index contributed by atoms with van der Waals surface area (Å²) in [4.78, 5) is 2.87. The molecule has 2 saturated heterocycles. The highest BCUT2D eigenvalue weighted by Crippen LogP contribution is 2.44. The van der Waals surface area contributed by atoms with Crippen molar-refractivity contribution in [2.45, 2.75) is 24.0 Å². The average molecular weight is 287 g/mol. The predicted octanol–water partition coefficient (Wildman–Crippen LogP) is -0.132. The lowest BCUT2D eigenvalue weighted by atomic mass is 10.00. The van der Waals surface area contributed by atoms with E-state index in [2.05, 4.69) is 10.3 Å². The molecule has 0 amide bonds. The van der Waals surface area contributed by atoms with Crippen LogP contribution in [0.15, 0.2) is 12.3 Å². The molecule has 4 unspecified atom stereocenters. The summed E-state index contributed by atoms with van der Waals surface area (Å²) in [5.41, 5.74) is -0.553. The van der Waals surface area contributed by atoms with Crippen LogP contribution in [0.1, 0.15) is 6.23 Å². The summed E-state index contributed by atoms with van der Waals surface area (Å²) in [7, 11) is 0. The van der Waals surface area contributed by atoms with Crippen molar-refractivity contribution in [1.29, 1.82) is 0 Å². The number of hydrogen-bond acceptors (Lipinski definition) is 6. The Balaban J connectivity index is 2.02.